The zero-order valence-corrected chi connectivity index (χ0v) is 14.0. The van der Waals surface area contributed by atoms with Crippen LogP contribution in [-0.4, -0.2) is 0 Å². The van der Waals surface area contributed by atoms with Crippen molar-refractivity contribution >= 4 is 11.3 Å². The second kappa shape index (κ2) is 6.55. The lowest BCUT2D eigenvalue weighted by atomic mass is 9.95. The average molecular weight is 287 g/mol. The second-order valence-corrected chi connectivity index (χ2v) is 6.89. The van der Waals surface area contributed by atoms with E-state index in [0.29, 0.717) is 6.04 Å². The predicted octanol–water partition coefficient (Wildman–Crippen LogP) is 5.09. The molecule has 0 spiro atoms. The van der Waals surface area contributed by atoms with Crippen molar-refractivity contribution in [1.29, 1.82) is 0 Å². The Labute approximate surface area is 127 Å². The van der Waals surface area contributed by atoms with E-state index in [4.69, 9.17) is 0 Å². The minimum Gasteiger partial charge on any atom is -0.305 e. The SMILES string of the molecule is CCc1ccc(CNC(C)c2c(C)cc(C)cc2C)s1. The summed E-state index contributed by atoms with van der Waals surface area (Å²) in [6.45, 7) is 12.0. The van der Waals surface area contributed by atoms with Crippen molar-refractivity contribution in [1.82, 2.24) is 5.32 Å². The van der Waals surface area contributed by atoms with Crippen LogP contribution in [0.15, 0.2) is 24.3 Å². The van der Waals surface area contributed by atoms with Gasteiger partial charge in [-0.05, 0) is 62.9 Å². The number of hydrogen-bond donors (Lipinski definition) is 1. The molecule has 1 aromatic heterocycles. The van der Waals surface area contributed by atoms with Crippen molar-refractivity contribution in [3.05, 3.63) is 56.3 Å². The first-order valence-electron chi connectivity index (χ1n) is 7.40. The van der Waals surface area contributed by atoms with E-state index >= 15 is 0 Å². The number of rotatable bonds is 5. The summed E-state index contributed by atoms with van der Waals surface area (Å²) in [7, 11) is 0. The maximum atomic E-state index is 3.66. The summed E-state index contributed by atoms with van der Waals surface area (Å²) in [5, 5.41) is 3.66. The van der Waals surface area contributed by atoms with E-state index in [0.717, 1.165) is 13.0 Å². The maximum Gasteiger partial charge on any atom is 0.0305 e. The lowest BCUT2D eigenvalue weighted by molar-refractivity contribution is 0.573. The fraction of sp³-hybridized carbons (Fsp3) is 0.444. The third-order valence-corrected chi connectivity index (χ3v) is 5.05. The molecular formula is C18H25NS. The summed E-state index contributed by atoms with van der Waals surface area (Å²) >= 11 is 1.92. The molecule has 108 valence electrons. The second-order valence-electron chi connectivity index (χ2n) is 5.64. The molecular weight excluding hydrogens is 262 g/mol. The Hall–Kier alpha value is -1.12. The molecule has 2 rings (SSSR count). The number of benzene rings is 1. The van der Waals surface area contributed by atoms with Gasteiger partial charge in [-0.3, -0.25) is 0 Å². The van der Waals surface area contributed by atoms with Crippen LogP contribution in [0.3, 0.4) is 0 Å². The van der Waals surface area contributed by atoms with Gasteiger partial charge in [0.15, 0.2) is 0 Å². The Morgan fingerprint density at radius 1 is 1.05 bits per heavy atom. The Morgan fingerprint density at radius 3 is 2.20 bits per heavy atom. The van der Waals surface area contributed by atoms with Crippen molar-refractivity contribution in [2.45, 2.75) is 53.6 Å². The Morgan fingerprint density at radius 2 is 1.65 bits per heavy atom. The highest BCUT2D eigenvalue weighted by Gasteiger charge is 2.12. The molecule has 0 radical (unpaired) electrons. The first-order valence-corrected chi connectivity index (χ1v) is 8.21. The van der Waals surface area contributed by atoms with Crippen LogP contribution in [0.25, 0.3) is 0 Å². The molecule has 1 unspecified atom stereocenters. The van der Waals surface area contributed by atoms with Gasteiger partial charge in [0.05, 0.1) is 0 Å². The molecule has 2 heteroatoms. The summed E-state index contributed by atoms with van der Waals surface area (Å²) in [6, 6.07) is 9.44. The van der Waals surface area contributed by atoms with E-state index in [-0.39, 0.29) is 0 Å². The molecule has 2 aromatic rings. The fourth-order valence-electron chi connectivity index (χ4n) is 2.94. The molecule has 0 aliphatic heterocycles. The topological polar surface area (TPSA) is 12.0 Å². The molecule has 1 atom stereocenters. The zero-order chi connectivity index (χ0) is 14.7. The molecule has 1 aromatic carbocycles. The van der Waals surface area contributed by atoms with E-state index in [1.54, 1.807) is 0 Å². The zero-order valence-electron chi connectivity index (χ0n) is 13.2. The molecule has 0 saturated carbocycles. The van der Waals surface area contributed by atoms with Gasteiger partial charge in [0.25, 0.3) is 0 Å². The van der Waals surface area contributed by atoms with Crippen LogP contribution in [0.4, 0.5) is 0 Å². The highest BCUT2D eigenvalue weighted by molar-refractivity contribution is 7.11. The fourth-order valence-corrected chi connectivity index (χ4v) is 3.85. The Balaban J connectivity index is 2.06. The van der Waals surface area contributed by atoms with Crippen molar-refractivity contribution in [2.75, 3.05) is 0 Å². The van der Waals surface area contributed by atoms with Gasteiger partial charge in [0.2, 0.25) is 0 Å². The van der Waals surface area contributed by atoms with E-state index in [9.17, 15) is 0 Å². The molecule has 20 heavy (non-hydrogen) atoms. The average Bonchev–Trinajstić information content (AvgIpc) is 2.83. The normalized spacial score (nSPS) is 12.7. The summed E-state index contributed by atoms with van der Waals surface area (Å²) < 4.78 is 0. The minimum absolute atomic E-state index is 0.391. The third kappa shape index (κ3) is 3.50. The van der Waals surface area contributed by atoms with Gasteiger partial charge in [-0.15, -0.1) is 11.3 Å². The Kier molecular flexibility index (Phi) is 5.00. The molecule has 1 heterocycles. The van der Waals surface area contributed by atoms with Crippen LogP contribution in [0.2, 0.25) is 0 Å². The summed E-state index contributed by atoms with van der Waals surface area (Å²) in [4.78, 5) is 2.90. The maximum absolute atomic E-state index is 3.66. The van der Waals surface area contributed by atoms with Crippen LogP contribution in [0, 0.1) is 20.8 Å². The van der Waals surface area contributed by atoms with Gasteiger partial charge in [-0.1, -0.05) is 24.6 Å². The molecule has 0 aliphatic carbocycles. The molecule has 0 saturated heterocycles. The number of hydrogen-bond acceptors (Lipinski definition) is 2. The summed E-state index contributed by atoms with van der Waals surface area (Å²) in [5.74, 6) is 0. The molecule has 1 nitrogen and oxygen atoms in total. The van der Waals surface area contributed by atoms with E-state index in [2.05, 4.69) is 64.2 Å². The van der Waals surface area contributed by atoms with Gasteiger partial charge < -0.3 is 5.32 Å². The minimum atomic E-state index is 0.391. The first kappa shape index (κ1) is 15.3. The highest BCUT2D eigenvalue weighted by atomic mass is 32.1. The van der Waals surface area contributed by atoms with Crippen LogP contribution < -0.4 is 5.32 Å². The van der Waals surface area contributed by atoms with Gasteiger partial charge in [0.1, 0.15) is 0 Å². The number of nitrogens with one attached hydrogen (secondary N) is 1. The Bertz CT molecular complexity index is 560. The van der Waals surface area contributed by atoms with E-state index < -0.39 is 0 Å². The van der Waals surface area contributed by atoms with Crippen molar-refractivity contribution in [3.63, 3.8) is 0 Å². The number of aryl methyl sites for hydroxylation is 4. The van der Waals surface area contributed by atoms with Crippen molar-refractivity contribution in [2.24, 2.45) is 0 Å². The van der Waals surface area contributed by atoms with Crippen molar-refractivity contribution < 1.29 is 0 Å². The van der Waals surface area contributed by atoms with Crippen LogP contribution in [-0.2, 0) is 13.0 Å². The lowest BCUT2D eigenvalue weighted by Gasteiger charge is -2.19. The highest BCUT2D eigenvalue weighted by Crippen LogP contribution is 2.24. The number of thiophene rings is 1. The monoisotopic (exact) mass is 287 g/mol. The summed E-state index contributed by atoms with van der Waals surface area (Å²) in [5.41, 5.74) is 5.58. The van der Waals surface area contributed by atoms with Crippen molar-refractivity contribution in [3.8, 4) is 0 Å². The molecule has 0 bridgehead atoms. The molecule has 0 aliphatic rings. The molecule has 1 N–H and O–H groups in total. The first-order chi connectivity index (χ1) is 9.51. The molecule has 0 amide bonds. The third-order valence-electron chi connectivity index (χ3n) is 3.82. The van der Waals surface area contributed by atoms with Crippen LogP contribution in [0.5, 0.6) is 0 Å². The van der Waals surface area contributed by atoms with E-state index in [1.165, 1.54) is 32.0 Å². The standard InChI is InChI=1S/C18H25NS/c1-6-16-7-8-17(20-16)11-19-15(5)18-13(3)9-12(2)10-14(18)4/h7-10,15,19H,6,11H2,1-5H3. The van der Waals surface area contributed by atoms with Gasteiger partial charge >= 0.3 is 0 Å². The smallest absolute Gasteiger partial charge is 0.0305 e. The van der Waals surface area contributed by atoms with Gasteiger partial charge in [0, 0.05) is 22.3 Å². The lowest BCUT2D eigenvalue weighted by Crippen LogP contribution is -2.19. The van der Waals surface area contributed by atoms with E-state index in [1.807, 2.05) is 11.3 Å². The quantitative estimate of drug-likeness (QED) is 0.808. The van der Waals surface area contributed by atoms with Crippen LogP contribution in [0.1, 0.15) is 51.9 Å². The molecule has 0 fully saturated rings. The summed E-state index contributed by atoms with van der Waals surface area (Å²) in [6.07, 6.45) is 1.14. The largest absolute Gasteiger partial charge is 0.305 e. The van der Waals surface area contributed by atoms with Gasteiger partial charge in [-0.25, -0.2) is 0 Å². The predicted molar refractivity (Wildman–Crippen MR) is 89.6 cm³/mol. The van der Waals surface area contributed by atoms with Gasteiger partial charge in [-0.2, -0.15) is 0 Å². The van der Waals surface area contributed by atoms with Crippen LogP contribution >= 0.6 is 11.3 Å².